The number of benzene rings is 1. The van der Waals surface area contributed by atoms with Crippen LogP contribution in [-0.2, 0) is 9.53 Å². The predicted molar refractivity (Wildman–Crippen MR) is 74.9 cm³/mol. The minimum atomic E-state index is -0.172. The monoisotopic (exact) mass is 260 g/mol. The van der Waals surface area contributed by atoms with Gasteiger partial charge in [0.2, 0.25) is 0 Å². The summed E-state index contributed by atoms with van der Waals surface area (Å²) in [4.78, 5) is 11.4. The highest BCUT2D eigenvalue weighted by atomic mass is 16.5. The van der Waals surface area contributed by atoms with Gasteiger partial charge in [-0.1, -0.05) is 32.1 Å². The second-order valence-corrected chi connectivity index (χ2v) is 4.85. The first-order chi connectivity index (χ1) is 9.20. The van der Waals surface area contributed by atoms with Gasteiger partial charge in [0.05, 0.1) is 13.2 Å². The third-order valence-corrected chi connectivity index (χ3v) is 3.19. The summed E-state index contributed by atoms with van der Waals surface area (Å²) in [7, 11) is 0. The van der Waals surface area contributed by atoms with Crippen LogP contribution in [0.3, 0.4) is 0 Å². The summed E-state index contributed by atoms with van der Waals surface area (Å²) in [5, 5.41) is 0. The van der Waals surface area contributed by atoms with Crippen molar-refractivity contribution in [2.45, 2.75) is 26.7 Å². The van der Waals surface area contributed by atoms with Crippen molar-refractivity contribution in [3.05, 3.63) is 35.9 Å². The molecule has 1 aliphatic heterocycles. The van der Waals surface area contributed by atoms with Crippen LogP contribution in [0.1, 0.15) is 32.3 Å². The average molecular weight is 260 g/mol. The van der Waals surface area contributed by atoms with E-state index in [-0.39, 0.29) is 5.97 Å². The van der Waals surface area contributed by atoms with E-state index in [0.717, 1.165) is 13.0 Å². The number of esters is 1. The number of hydrogen-bond donors (Lipinski definition) is 0. The zero-order chi connectivity index (χ0) is 13.7. The molecule has 19 heavy (non-hydrogen) atoms. The number of carbonyl (C=O) groups is 1. The molecule has 102 valence electrons. The van der Waals surface area contributed by atoms with E-state index in [1.165, 1.54) is 11.1 Å². The Kier molecular flexibility index (Phi) is 4.74. The van der Waals surface area contributed by atoms with Crippen LogP contribution < -0.4 is 4.74 Å². The van der Waals surface area contributed by atoms with Gasteiger partial charge in [-0.3, -0.25) is 4.79 Å². The maximum absolute atomic E-state index is 11.4. The molecule has 0 saturated heterocycles. The Bertz CT molecular complexity index is 459. The van der Waals surface area contributed by atoms with Crippen molar-refractivity contribution in [2.24, 2.45) is 5.92 Å². The van der Waals surface area contributed by atoms with Crippen LogP contribution in [-0.4, -0.2) is 19.2 Å². The third-order valence-electron chi connectivity index (χ3n) is 3.19. The van der Waals surface area contributed by atoms with Gasteiger partial charge >= 0.3 is 5.97 Å². The molecule has 0 saturated carbocycles. The Hall–Kier alpha value is -1.61. The molecule has 1 unspecified atom stereocenters. The van der Waals surface area contributed by atoms with Crippen molar-refractivity contribution >= 4 is 11.5 Å². The van der Waals surface area contributed by atoms with Crippen molar-refractivity contribution in [2.75, 3.05) is 13.2 Å². The number of hydrogen-bond acceptors (Lipinski definition) is 3. The van der Waals surface area contributed by atoms with E-state index >= 15 is 0 Å². The van der Waals surface area contributed by atoms with Crippen molar-refractivity contribution in [3.8, 4) is 5.75 Å². The largest absolute Gasteiger partial charge is 0.427 e. The minimum Gasteiger partial charge on any atom is -0.427 e. The van der Waals surface area contributed by atoms with Crippen LogP contribution in [0.5, 0.6) is 5.75 Å². The topological polar surface area (TPSA) is 35.5 Å². The van der Waals surface area contributed by atoms with Crippen molar-refractivity contribution < 1.29 is 14.3 Å². The van der Waals surface area contributed by atoms with Gasteiger partial charge in [0, 0.05) is 12.3 Å². The highest BCUT2D eigenvalue weighted by molar-refractivity contribution is 5.73. The molecule has 0 spiro atoms. The predicted octanol–water partition coefficient (Wildman–Crippen LogP) is 3.44. The third kappa shape index (κ3) is 3.67. The Morgan fingerprint density at radius 1 is 1.37 bits per heavy atom. The maximum atomic E-state index is 11.4. The lowest BCUT2D eigenvalue weighted by molar-refractivity contribution is -0.134. The lowest BCUT2D eigenvalue weighted by Crippen LogP contribution is -2.14. The van der Waals surface area contributed by atoms with Crippen molar-refractivity contribution in [1.82, 2.24) is 0 Å². The average Bonchev–Trinajstić information content (AvgIpc) is 2.41. The van der Waals surface area contributed by atoms with Gasteiger partial charge in [-0.15, -0.1) is 0 Å². The summed E-state index contributed by atoms with van der Waals surface area (Å²) in [6.45, 7) is 5.55. The molecule has 0 aliphatic carbocycles. The second-order valence-electron chi connectivity index (χ2n) is 4.85. The Morgan fingerprint density at radius 2 is 2.11 bits per heavy atom. The number of ether oxygens (including phenoxy) is 2. The Balaban J connectivity index is 2.06. The fraction of sp³-hybridized carbons (Fsp3) is 0.438. The highest BCUT2D eigenvalue weighted by Crippen LogP contribution is 2.27. The first kappa shape index (κ1) is 13.8. The van der Waals surface area contributed by atoms with Crippen LogP contribution in [0.25, 0.3) is 5.57 Å². The summed E-state index contributed by atoms with van der Waals surface area (Å²) in [6, 6.07) is 7.71. The molecular weight excluding hydrogens is 240 g/mol. The molecule has 0 N–H and O–H groups in total. The highest BCUT2D eigenvalue weighted by Gasteiger charge is 2.15. The lowest BCUT2D eigenvalue weighted by atomic mass is 9.93. The zero-order valence-electron chi connectivity index (χ0n) is 11.5. The van der Waals surface area contributed by atoms with Crippen LogP contribution >= 0.6 is 0 Å². The fourth-order valence-electron chi connectivity index (χ4n) is 2.19. The SMILES string of the molecule is CCCC(=O)Oc1ccc(C2=CCOCC2C)cc1. The smallest absolute Gasteiger partial charge is 0.311 e. The maximum Gasteiger partial charge on any atom is 0.311 e. The summed E-state index contributed by atoms with van der Waals surface area (Å²) in [6.07, 6.45) is 3.38. The molecule has 3 heteroatoms. The number of rotatable bonds is 4. The van der Waals surface area contributed by atoms with Gasteiger partial charge in [0.25, 0.3) is 0 Å². The van der Waals surface area contributed by atoms with Crippen molar-refractivity contribution in [1.29, 1.82) is 0 Å². The quantitative estimate of drug-likeness (QED) is 0.614. The molecular formula is C16H20O3. The normalized spacial score (nSPS) is 18.8. The van der Waals surface area contributed by atoms with E-state index in [4.69, 9.17) is 9.47 Å². The van der Waals surface area contributed by atoms with E-state index in [9.17, 15) is 4.79 Å². The van der Waals surface area contributed by atoms with Crippen LogP contribution in [0, 0.1) is 5.92 Å². The molecule has 1 atom stereocenters. The lowest BCUT2D eigenvalue weighted by Gasteiger charge is -2.21. The van der Waals surface area contributed by atoms with Crippen LogP contribution in [0.2, 0.25) is 0 Å². The minimum absolute atomic E-state index is 0.172. The molecule has 1 aromatic carbocycles. The molecule has 0 aromatic heterocycles. The van der Waals surface area contributed by atoms with Crippen molar-refractivity contribution in [3.63, 3.8) is 0 Å². The second kappa shape index (κ2) is 6.53. The molecule has 1 heterocycles. The molecule has 1 aliphatic rings. The molecule has 0 fully saturated rings. The fourth-order valence-corrected chi connectivity index (χ4v) is 2.19. The van der Waals surface area contributed by atoms with Gasteiger partial charge in [-0.25, -0.2) is 0 Å². The van der Waals surface area contributed by atoms with Gasteiger partial charge in [-0.05, 0) is 29.7 Å². The number of carbonyl (C=O) groups excluding carboxylic acids is 1. The molecule has 0 amide bonds. The Labute approximate surface area is 114 Å². The zero-order valence-corrected chi connectivity index (χ0v) is 11.5. The first-order valence-corrected chi connectivity index (χ1v) is 6.79. The summed E-state index contributed by atoms with van der Waals surface area (Å²) in [5.41, 5.74) is 2.48. The van der Waals surface area contributed by atoms with Gasteiger partial charge in [0.1, 0.15) is 5.75 Å². The van der Waals surface area contributed by atoms with Gasteiger partial charge < -0.3 is 9.47 Å². The van der Waals surface area contributed by atoms with Crippen LogP contribution in [0.15, 0.2) is 30.3 Å². The summed E-state index contributed by atoms with van der Waals surface area (Å²) >= 11 is 0. The molecule has 0 radical (unpaired) electrons. The summed E-state index contributed by atoms with van der Waals surface area (Å²) in [5.74, 6) is 0.846. The van der Waals surface area contributed by atoms with Gasteiger partial charge in [-0.2, -0.15) is 0 Å². The standard InChI is InChI=1S/C16H20O3/c1-3-4-16(17)19-14-7-5-13(6-8-14)15-9-10-18-11-12(15)2/h5-9,12H,3-4,10-11H2,1-2H3. The Morgan fingerprint density at radius 3 is 2.74 bits per heavy atom. The molecule has 1 aromatic rings. The molecule has 0 bridgehead atoms. The van der Waals surface area contributed by atoms with E-state index in [1.54, 1.807) is 0 Å². The van der Waals surface area contributed by atoms with Crippen LogP contribution in [0.4, 0.5) is 0 Å². The van der Waals surface area contributed by atoms with E-state index in [1.807, 2.05) is 31.2 Å². The van der Waals surface area contributed by atoms with E-state index in [2.05, 4.69) is 13.0 Å². The first-order valence-electron chi connectivity index (χ1n) is 6.79. The van der Waals surface area contributed by atoms with E-state index < -0.39 is 0 Å². The summed E-state index contributed by atoms with van der Waals surface area (Å²) < 4.78 is 10.6. The molecule has 3 nitrogen and oxygen atoms in total. The van der Waals surface area contributed by atoms with E-state index in [0.29, 0.717) is 24.7 Å². The van der Waals surface area contributed by atoms with Gasteiger partial charge in [0.15, 0.2) is 0 Å². The molecule has 2 rings (SSSR count).